The molecule has 0 fully saturated rings. The van der Waals surface area contributed by atoms with E-state index in [9.17, 15) is 0 Å². The average Bonchev–Trinajstić information content (AvgIpc) is 2.89. The van der Waals surface area contributed by atoms with Crippen LogP contribution in [-0.4, -0.2) is 21.3 Å². The zero-order valence-electron chi connectivity index (χ0n) is 12.2. The van der Waals surface area contributed by atoms with Crippen molar-refractivity contribution in [1.82, 2.24) is 14.8 Å². The van der Waals surface area contributed by atoms with Gasteiger partial charge in [0.15, 0.2) is 0 Å². The Morgan fingerprint density at radius 3 is 2.90 bits per heavy atom. The van der Waals surface area contributed by atoms with Crippen molar-refractivity contribution < 1.29 is 0 Å². The summed E-state index contributed by atoms with van der Waals surface area (Å²) in [5.41, 5.74) is 2.49. The molecule has 1 aliphatic heterocycles. The van der Waals surface area contributed by atoms with E-state index in [4.69, 9.17) is 5.10 Å². The lowest BCUT2D eigenvalue weighted by Gasteiger charge is -2.25. The van der Waals surface area contributed by atoms with Crippen molar-refractivity contribution in [3.8, 4) is 0 Å². The van der Waals surface area contributed by atoms with Gasteiger partial charge in [-0.25, -0.2) is 4.68 Å². The highest BCUT2D eigenvalue weighted by Gasteiger charge is 2.22. The zero-order valence-corrected chi connectivity index (χ0v) is 12.2. The molecule has 20 heavy (non-hydrogen) atoms. The van der Waals surface area contributed by atoms with Gasteiger partial charge in [-0.3, -0.25) is 4.98 Å². The molecule has 0 saturated heterocycles. The van der Waals surface area contributed by atoms with E-state index in [1.54, 1.807) is 0 Å². The van der Waals surface area contributed by atoms with Crippen molar-refractivity contribution in [3.05, 3.63) is 41.9 Å². The Bertz CT molecular complexity index is 559. The molecule has 1 aliphatic rings. The summed E-state index contributed by atoms with van der Waals surface area (Å²) in [4.78, 5) is 4.10. The highest BCUT2D eigenvalue weighted by atomic mass is 15.4. The standard InChI is InChI=1S/C16H22N4/c1-12(2)3-4-14-11-16-18-10-7-15(20(16)19-14)13-5-8-17-9-6-13/h5-6,8-9,11-12,15,18H,3-4,7,10H2,1-2H3. The van der Waals surface area contributed by atoms with Gasteiger partial charge in [0.05, 0.1) is 11.7 Å². The molecule has 3 rings (SSSR count). The quantitative estimate of drug-likeness (QED) is 0.927. The van der Waals surface area contributed by atoms with Gasteiger partial charge in [-0.2, -0.15) is 5.10 Å². The predicted molar refractivity (Wildman–Crippen MR) is 80.9 cm³/mol. The molecule has 0 radical (unpaired) electrons. The van der Waals surface area contributed by atoms with Crippen LogP contribution in [0.1, 0.15) is 44.0 Å². The Kier molecular flexibility index (Phi) is 3.72. The van der Waals surface area contributed by atoms with E-state index in [0.29, 0.717) is 6.04 Å². The van der Waals surface area contributed by atoms with E-state index in [1.807, 2.05) is 12.4 Å². The van der Waals surface area contributed by atoms with Crippen molar-refractivity contribution in [2.24, 2.45) is 5.92 Å². The van der Waals surface area contributed by atoms with E-state index < -0.39 is 0 Å². The minimum atomic E-state index is 0.335. The summed E-state index contributed by atoms with van der Waals surface area (Å²) < 4.78 is 2.15. The monoisotopic (exact) mass is 270 g/mol. The van der Waals surface area contributed by atoms with E-state index >= 15 is 0 Å². The van der Waals surface area contributed by atoms with Gasteiger partial charge in [0.25, 0.3) is 0 Å². The number of fused-ring (bicyclic) bond motifs is 1. The Hall–Kier alpha value is -1.84. The largest absolute Gasteiger partial charge is 0.370 e. The molecule has 0 aromatic carbocycles. The molecule has 0 bridgehead atoms. The summed E-state index contributed by atoms with van der Waals surface area (Å²) in [5.74, 6) is 1.87. The average molecular weight is 270 g/mol. The number of rotatable bonds is 4. The molecule has 2 aromatic heterocycles. The molecule has 1 unspecified atom stereocenters. The Morgan fingerprint density at radius 1 is 1.35 bits per heavy atom. The Labute approximate surface area is 120 Å². The fourth-order valence-electron chi connectivity index (χ4n) is 2.73. The number of anilines is 1. The predicted octanol–water partition coefficient (Wildman–Crippen LogP) is 3.27. The molecule has 0 spiro atoms. The van der Waals surface area contributed by atoms with Crippen LogP contribution in [0.3, 0.4) is 0 Å². The summed E-state index contributed by atoms with van der Waals surface area (Å²) in [5, 5.41) is 8.27. The Morgan fingerprint density at radius 2 is 2.15 bits per heavy atom. The minimum absolute atomic E-state index is 0.335. The van der Waals surface area contributed by atoms with Gasteiger partial charge in [0.2, 0.25) is 0 Å². The molecular formula is C16H22N4. The minimum Gasteiger partial charge on any atom is -0.370 e. The first kappa shape index (κ1) is 13.2. The summed E-state index contributed by atoms with van der Waals surface area (Å²) >= 11 is 0. The third-order valence-electron chi connectivity index (χ3n) is 3.87. The van der Waals surface area contributed by atoms with Crippen LogP contribution in [0.4, 0.5) is 5.82 Å². The van der Waals surface area contributed by atoms with Crippen molar-refractivity contribution in [3.63, 3.8) is 0 Å². The van der Waals surface area contributed by atoms with Crippen molar-refractivity contribution in [2.75, 3.05) is 11.9 Å². The number of nitrogens with one attached hydrogen (secondary N) is 1. The molecule has 3 heterocycles. The van der Waals surface area contributed by atoms with E-state index in [1.165, 1.54) is 17.7 Å². The first-order valence-corrected chi connectivity index (χ1v) is 7.46. The molecule has 4 nitrogen and oxygen atoms in total. The van der Waals surface area contributed by atoms with Crippen LogP contribution in [0, 0.1) is 5.92 Å². The molecule has 0 saturated carbocycles. The fraction of sp³-hybridized carbons (Fsp3) is 0.500. The van der Waals surface area contributed by atoms with Crippen LogP contribution in [0.25, 0.3) is 0 Å². The van der Waals surface area contributed by atoms with Crippen molar-refractivity contribution >= 4 is 5.82 Å². The second-order valence-corrected chi connectivity index (χ2v) is 5.91. The van der Waals surface area contributed by atoms with E-state index in [-0.39, 0.29) is 0 Å². The lowest BCUT2D eigenvalue weighted by molar-refractivity contribution is 0.474. The third-order valence-corrected chi connectivity index (χ3v) is 3.87. The molecule has 0 aliphatic carbocycles. The highest BCUT2D eigenvalue weighted by Crippen LogP contribution is 2.29. The van der Waals surface area contributed by atoms with Crippen LogP contribution < -0.4 is 5.32 Å². The Balaban J connectivity index is 1.85. The maximum Gasteiger partial charge on any atom is 0.125 e. The summed E-state index contributed by atoms with van der Waals surface area (Å²) in [6, 6.07) is 6.72. The maximum atomic E-state index is 4.81. The van der Waals surface area contributed by atoms with Crippen LogP contribution in [0.5, 0.6) is 0 Å². The third kappa shape index (κ3) is 2.69. The van der Waals surface area contributed by atoms with Crippen LogP contribution >= 0.6 is 0 Å². The smallest absolute Gasteiger partial charge is 0.125 e. The number of pyridine rings is 1. The summed E-state index contributed by atoms with van der Waals surface area (Å²) in [7, 11) is 0. The normalized spacial score (nSPS) is 17.9. The van der Waals surface area contributed by atoms with Gasteiger partial charge in [-0.05, 0) is 42.9 Å². The van der Waals surface area contributed by atoms with Gasteiger partial charge in [0, 0.05) is 25.0 Å². The van der Waals surface area contributed by atoms with Gasteiger partial charge in [0.1, 0.15) is 5.82 Å². The van der Waals surface area contributed by atoms with Crippen LogP contribution in [0.2, 0.25) is 0 Å². The zero-order chi connectivity index (χ0) is 13.9. The highest BCUT2D eigenvalue weighted by molar-refractivity contribution is 5.41. The lowest BCUT2D eigenvalue weighted by atomic mass is 10.0. The second kappa shape index (κ2) is 5.65. The van der Waals surface area contributed by atoms with Gasteiger partial charge >= 0.3 is 0 Å². The molecule has 0 amide bonds. The first-order chi connectivity index (χ1) is 9.74. The summed E-state index contributed by atoms with van der Waals surface area (Å²) in [6.07, 6.45) is 7.04. The lowest BCUT2D eigenvalue weighted by Crippen LogP contribution is -2.24. The molecule has 2 aromatic rings. The second-order valence-electron chi connectivity index (χ2n) is 5.91. The summed E-state index contributed by atoms with van der Waals surface area (Å²) in [6.45, 7) is 5.52. The maximum absolute atomic E-state index is 4.81. The first-order valence-electron chi connectivity index (χ1n) is 7.46. The molecule has 1 atom stereocenters. The topological polar surface area (TPSA) is 42.7 Å². The number of nitrogens with zero attached hydrogens (tertiary/aromatic N) is 3. The molecular weight excluding hydrogens is 248 g/mol. The number of hydrogen-bond donors (Lipinski definition) is 1. The van der Waals surface area contributed by atoms with Crippen molar-refractivity contribution in [1.29, 1.82) is 0 Å². The number of aromatic nitrogens is 3. The van der Waals surface area contributed by atoms with Crippen molar-refractivity contribution in [2.45, 2.75) is 39.2 Å². The molecule has 4 heteroatoms. The number of aryl methyl sites for hydroxylation is 1. The molecule has 1 N–H and O–H groups in total. The van der Waals surface area contributed by atoms with Gasteiger partial charge in [-0.1, -0.05) is 13.8 Å². The van der Waals surface area contributed by atoms with E-state index in [0.717, 1.165) is 31.1 Å². The van der Waals surface area contributed by atoms with Crippen LogP contribution in [-0.2, 0) is 6.42 Å². The van der Waals surface area contributed by atoms with Gasteiger partial charge < -0.3 is 5.32 Å². The van der Waals surface area contributed by atoms with Crippen LogP contribution in [0.15, 0.2) is 30.6 Å². The van der Waals surface area contributed by atoms with Gasteiger partial charge in [-0.15, -0.1) is 0 Å². The fourth-order valence-corrected chi connectivity index (χ4v) is 2.73. The number of hydrogen-bond acceptors (Lipinski definition) is 3. The van der Waals surface area contributed by atoms with E-state index in [2.05, 4.69) is 47.0 Å². The SMILES string of the molecule is CC(C)CCc1cc2n(n1)C(c1ccncc1)CCN2. The molecule has 106 valence electrons.